The molecule has 2 N–H and O–H groups in total. The number of hydrogen-bond donors (Lipinski definition) is 2. The van der Waals surface area contributed by atoms with E-state index in [-0.39, 0.29) is 0 Å². The van der Waals surface area contributed by atoms with E-state index >= 15 is 0 Å². The van der Waals surface area contributed by atoms with Gasteiger partial charge in [-0.25, -0.2) is 9.97 Å². The molecule has 0 amide bonds. The quantitative estimate of drug-likeness (QED) is 0.158. The highest BCUT2D eigenvalue weighted by Crippen LogP contribution is 2.42. The van der Waals surface area contributed by atoms with Crippen LogP contribution in [0.3, 0.4) is 0 Å². The second-order valence-corrected chi connectivity index (χ2v) is 15.8. The average Bonchev–Trinajstić information content (AvgIpc) is 3.87. The van der Waals surface area contributed by atoms with Crippen molar-refractivity contribution in [2.45, 2.75) is 0 Å². The van der Waals surface area contributed by atoms with E-state index in [1.807, 2.05) is 42.5 Å². The van der Waals surface area contributed by atoms with Gasteiger partial charge >= 0.3 is 0 Å². The standard InChI is InChI=1S/C57H37N5/c58-54(38-21-8-3-9-22-38)53(55-43-26-11-10-23-39(43)34-48(59-55)36-17-4-1-5-18-36)40-24-16-25-41(31-40)57-60-49(37-19-6-2-7-20-37)35-50(61-57)42-32-46-44-27-12-14-29-51(44)62-52-30-15-13-28-45(52)47(33-42)56(46)62/h1-35,58-59H/b55-53-,58-54?. The summed E-state index contributed by atoms with van der Waals surface area (Å²) in [5.41, 5.74) is 16.2. The summed E-state index contributed by atoms with van der Waals surface area (Å²) in [5, 5.41) is 18.5. The minimum atomic E-state index is 0.416. The number of aromatic nitrogens is 3. The fourth-order valence-corrected chi connectivity index (χ4v) is 9.27. The maximum absolute atomic E-state index is 9.89. The minimum absolute atomic E-state index is 0.416. The lowest BCUT2D eigenvalue weighted by atomic mass is 9.87. The predicted octanol–water partition coefficient (Wildman–Crippen LogP) is 13.7. The van der Waals surface area contributed by atoms with Gasteiger partial charge in [-0.3, -0.25) is 5.41 Å². The Bertz CT molecular complexity index is 3520. The van der Waals surface area contributed by atoms with Gasteiger partial charge in [-0.15, -0.1) is 0 Å². The number of allylic oxidation sites excluding steroid dienone is 1. The summed E-state index contributed by atoms with van der Waals surface area (Å²) in [4.78, 5) is 10.7. The lowest BCUT2D eigenvalue weighted by Crippen LogP contribution is -2.20. The number of hydrogen-bond acceptors (Lipinski definition) is 4. The van der Waals surface area contributed by atoms with Crippen LogP contribution in [0.15, 0.2) is 206 Å². The summed E-state index contributed by atoms with van der Waals surface area (Å²) in [7, 11) is 0. The molecule has 5 heteroatoms. The van der Waals surface area contributed by atoms with Crippen molar-refractivity contribution < 1.29 is 0 Å². The number of fused-ring (bicyclic) bond motifs is 7. The van der Waals surface area contributed by atoms with E-state index in [4.69, 9.17) is 9.97 Å². The normalized spacial score (nSPS) is 13.3. The molecule has 1 aliphatic rings. The van der Waals surface area contributed by atoms with Crippen LogP contribution in [0.4, 0.5) is 0 Å². The zero-order valence-corrected chi connectivity index (χ0v) is 33.5. The topological polar surface area (TPSA) is 66.1 Å². The van der Waals surface area contributed by atoms with Crippen LogP contribution in [0.2, 0.25) is 0 Å². The van der Waals surface area contributed by atoms with Gasteiger partial charge in [0.2, 0.25) is 0 Å². The van der Waals surface area contributed by atoms with Crippen LogP contribution in [0, 0.1) is 5.41 Å². The van der Waals surface area contributed by atoms with Gasteiger partial charge in [0, 0.05) is 60.6 Å². The van der Waals surface area contributed by atoms with Gasteiger partial charge in [0.05, 0.1) is 39.3 Å². The zero-order chi connectivity index (χ0) is 41.1. The van der Waals surface area contributed by atoms with E-state index in [2.05, 4.69) is 180 Å². The molecule has 0 saturated heterocycles. The molecule has 4 heterocycles. The lowest BCUT2D eigenvalue weighted by molar-refractivity contribution is 1.18. The first-order chi connectivity index (χ1) is 30.7. The lowest BCUT2D eigenvalue weighted by Gasteiger charge is -2.26. The van der Waals surface area contributed by atoms with Crippen LogP contribution in [-0.2, 0) is 0 Å². The van der Waals surface area contributed by atoms with Crippen LogP contribution in [0.5, 0.6) is 0 Å². The first-order valence-corrected chi connectivity index (χ1v) is 20.9. The SMILES string of the molecule is N=C(/C(=C1\NC(c2ccccc2)=Cc2ccccc21)c1cccc(-c2nc(-c3ccccc3)cc(-c3cc4c5ccccc5n5c6ccccc6c(c3)c45)n2)c1)c1ccccc1. The highest BCUT2D eigenvalue weighted by molar-refractivity contribution is 6.36. The molecule has 62 heavy (non-hydrogen) atoms. The second kappa shape index (κ2) is 14.4. The Balaban J connectivity index is 1.07. The van der Waals surface area contributed by atoms with Gasteiger partial charge in [0.1, 0.15) is 0 Å². The summed E-state index contributed by atoms with van der Waals surface area (Å²) in [5.74, 6) is 0.611. The molecule has 0 unspecified atom stereocenters. The zero-order valence-electron chi connectivity index (χ0n) is 33.5. The van der Waals surface area contributed by atoms with E-state index in [1.165, 1.54) is 38.1 Å². The molecule has 0 fully saturated rings. The van der Waals surface area contributed by atoms with E-state index in [0.29, 0.717) is 11.5 Å². The van der Waals surface area contributed by atoms with Crippen molar-refractivity contribution in [3.05, 3.63) is 234 Å². The van der Waals surface area contributed by atoms with Crippen molar-refractivity contribution >= 4 is 66.8 Å². The number of nitrogens with one attached hydrogen (secondary N) is 2. The van der Waals surface area contributed by atoms with Crippen LogP contribution in [0.1, 0.15) is 27.8 Å². The molecule has 8 aromatic carbocycles. The largest absolute Gasteiger partial charge is 0.354 e. The molecule has 0 radical (unpaired) electrons. The van der Waals surface area contributed by atoms with Gasteiger partial charge in [0.15, 0.2) is 5.82 Å². The van der Waals surface area contributed by atoms with E-state index in [0.717, 1.165) is 72.9 Å². The van der Waals surface area contributed by atoms with Gasteiger partial charge in [-0.05, 0) is 59.2 Å². The Morgan fingerprint density at radius 1 is 0.452 bits per heavy atom. The molecule has 11 aromatic rings. The molecule has 0 saturated carbocycles. The number of rotatable bonds is 7. The highest BCUT2D eigenvalue weighted by Gasteiger charge is 2.25. The Morgan fingerprint density at radius 2 is 1.00 bits per heavy atom. The van der Waals surface area contributed by atoms with Gasteiger partial charge in [-0.1, -0.05) is 170 Å². The monoisotopic (exact) mass is 791 g/mol. The molecule has 12 rings (SSSR count). The first-order valence-electron chi connectivity index (χ1n) is 20.9. The van der Waals surface area contributed by atoms with Crippen molar-refractivity contribution in [1.29, 1.82) is 5.41 Å². The molecule has 1 aliphatic heterocycles. The molecule has 0 aliphatic carbocycles. The van der Waals surface area contributed by atoms with E-state index < -0.39 is 0 Å². The first kappa shape index (κ1) is 35.5. The summed E-state index contributed by atoms with van der Waals surface area (Å²) >= 11 is 0. The summed E-state index contributed by atoms with van der Waals surface area (Å²) in [6.07, 6.45) is 2.19. The van der Waals surface area contributed by atoms with Crippen molar-refractivity contribution in [2.24, 2.45) is 0 Å². The van der Waals surface area contributed by atoms with Crippen LogP contribution >= 0.6 is 0 Å². The van der Waals surface area contributed by atoms with Crippen LogP contribution in [0.25, 0.3) is 95.0 Å². The number of benzene rings is 8. The van der Waals surface area contributed by atoms with E-state index in [9.17, 15) is 5.41 Å². The average molecular weight is 792 g/mol. The predicted molar refractivity (Wildman–Crippen MR) is 257 cm³/mol. The van der Waals surface area contributed by atoms with E-state index in [1.54, 1.807) is 0 Å². The fraction of sp³-hybridized carbons (Fsp3) is 0. The van der Waals surface area contributed by atoms with Crippen molar-refractivity contribution in [3.8, 4) is 33.9 Å². The van der Waals surface area contributed by atoms with Crippen LogP contribution in [-0.4, -0.2) is 20.1 Å². The summed E-state index contributed by atoms with van der Waals surface area (Å²) < 4.78 is 2.41. The number of para-hydroxylation sites is 2. The van der Waals surface area contributed by atoms with Gasteiger partial charge < -0.3 is 9.72 Å². The molecular weight excluding hydrogens is 755 g/mol. The van der Waals surface area contributed by atoms with Crippen LogP contribution < -0.4 is 5.32 Å². The second-order valence-electron chi connectivity index (χ2n) is 15.8. The third-order valence-corrected chi connectivity index (χ3v) is 12.1. The molecule has 0 spiro atoms. The number of nitrogens with zero attached hydrogens (tertiary/aromatic N) is 3. The Labute approximate surface area is 358 Å². The molecule has 5 nitrogen and oxygen atoms in total. The van der Waals surface area contributed by atoms with Crippen molar-refractivity contribution in [1.82, 2.24) is 19.7 Å². The molecule has 0 atom stereocenters. The van der Waals surface area contributed by atoms with Gasteiger partial charge in [0.25, 0.3) is 0 Å². The Morgan fingerprint density at radius 3 is 1.69 bits per heavy atom. The fourth-order valence-electron chi connectivity index (χ4n) is 9.27. The molecular formula is C57H37N5. The molecule has 0 bridgehead atoms. The highest BCUT2D eigenvalue weighted by atomic mass is 14.9. The van der Waals surface area contributed by atoms with Crippen molar-refractivity contribution in [3.63, 3.8) is 0 Å². The Kier molecular flexibility index (Phi) is 8.25. The summed E-state index contributed by atoms with van der Waals surface area (Å²) in [6.45, 7) is 0. The maximum Gasteiger partial charge on any atom is 0.160 e. The minimum Gasteiger partial charge on any atom is -0.354 e. The smallest absolute Gasteiger partial charge is 0.160 e. The Hall–Kier alpha value is -8.41. The molecule has 3 aromatic heterocycles. The maximum atomic E-state index is 9.89. The molecule has 290 valence electrons. The van der Waals surface area contributed by atoms with Gasteiger partial charge in [-0.2, -0.15) is 0 Å². The third kappa shape index (κ3) is 5.82. The summed E-state index contributed by atoms with van der Waals surface area (Å²) in [6, 6.07) is 71.6. The third-order valence-electron chi connectivity index (χ3n) is 12.1. The van der Waals surface area contributed by atoms with Crippen molar-refractivity contribution in [2.75, 3.05) is 0 Å².